The summed E-state index contributed by atoms with van der Waals surface area (Å²) in [6.07, 6.45) is -0.335. The molecule has 7 nitrogen and oxygen atoms in total. The zero-order chi connectivity index (χ0) is 16.8. The summed E-state index contributed by atoms with van der Waals surface area (Å²) in [5, 5.41) is 9.18. The quantitative estimate of drug-likeness (QED) is 0.822. The van der Waals surface area contributed by atoms with Gasteiger partial charge in [0, 0.05) is 30.9 Å². The molecule has 2 rings (SSSR count). The first kappa shape index (κ1) is 17.5. The fraction of sp³-hybridized carbons (Fsp3) is 0.467. The minimum absolute atomic E-state index is 0.0731. The van der Waals surface area contributed by atoms with Crippen molar-refractivity contribution >= 4 is 35.0 Å². The van der Waals surface area contributed by atoms with Gasteiger partial charge < -0.3 is 19.5 Å². The van der Waals surface area contributed by atoms with Gasteiger partial charge in [0.15, 0.2) is 0 Å². The first-order chi connectivity index (χ1) is 11.0. The molecule has 1 aromatic carbocycles. The van der Waals surface area contributed by atoms with Crippen LogP contribution in [0.4, 0.5) is 16.2 Å². The number of hydrogen-bond acceptors (Lipinski definition) is 5. The number of alkyl halides is 1. The second kappa shape index (κ2) is 8.14. The van der Waals surface area contributed by atoms with Crippen molar-refractivity contribution in [2.45, 2.75) is 12.0 Å². The topological polar surface area (TPSA) is 79.3 Å². The number of methoxy groups -OCH3 is 1. The molecule has 1 aliphatic rings. The highest BCUT2D eigenvalue weighted by Crippen LogP contribution is 2.23. The van der Waals surface area contributed by atoms with Crippen LogP contribution in [0.1, 0.15) is 6.42 Å². The summed E-state index contributed by atoms with van der Waals surface area (Å²) in [5.41, 5.74) is 0.301. The van der Waals surface area contributed by atoms with Gasteiger partial charge in [0.2, 0.25) is 0 Å². The molecule has 23 heavy (non-hydrogen) atoms. The molecular formula is C15H19ClN2O5. The largest absolute Gasteiger partial charge is 0.452 e. The predicted molar refractivity (Wildman–Crippen MR) is 85.8 cm³/mol. The van der Waals surface area contributed by atoms with Crippen LogP contribution < -0.4 is 9.80 Å². The van der Waals surface area contributed by atoms with E-state index < -0.39 is 11.7 Å². The Kier molecular flexibility index (Phi) is 6.20. The Balaban J connectivity index is 2.14. The van der Waals surface area contributed by atoms with Crippen molar-refractivity contribution in [3.63, 3.8) is 0 Å². The van der Waals surface area contributed by atoms with Gasteiger partial charge in [-0.15, -0.1) is 0 Å². The lowest BCUT2D eigenvalue weighted by Gasteiger charge is -2.27. The predicted octanol–water partition coefficient (Wildman–Crippen LogP) is 1.57. The second-order valence-electron chi connectivity index (χ2n) is 4.96. The number of anilines is 2. The van der Waals surface area contributed by atoms with E-state index >= 15 is 0 Å². The number of morpholine rings is 1. The average molecular weight is 343 g/mol. The maximum absolute atomic E-state index is 11.9. The van der Waals surface area contributed by atoms with Crippen molar-refractivity contribution in [1.29, 1.82) is 0 Å². The van der Waals surface area contributed by atoms with E-state index in [-0.39, 0.29) is 25.5 Å². The van der Waals surface area contributed by atoms with E-state index in [1.807, 2.05) is 0 Å². The maximum atomic E-state index is 11.9. The monoisotopic (exact) mass is 342 g/mol. The third-order valence-corrected chi connectivity index (χ3v) is 3.66. The molecule has 126 valence electrons. The molecule has 1 atom stereocenters. The third kappa shape index (κ3) is 4.57. The molecule has 0 bridgehead atoms. The molecule has 1 heterocycles. The molecule has 0 radical (unpaired) electrons. The number of hydrogen-bond donors (Lipinski definition) is 1. The Hall–Kier alpha value is -1.83. The van der Waals surface area contributed by atoms with Crippen LogP contribution in [0.5, 0.6) is 0 Å². The summed E-state index contributed by atoms with van der Waals surface area (Å²) < 4.78 is 9.84. The van der Waals surface area contributed by atoms with Gasteiger partial charge in [-0.1, -0.05) is 11.6 Å². The highest BCUT2D eigenvalue weighted by atomic mass is 35.5. The zero-order valence-electron chi connectivity index (χ0n) is 12.8. The van der Waals surface area contributed by atoms with Gasteiger partial charge >= 0.3 is 6.09 Å². The number of carbonyl (C=O) groups excluding carboxylic acids is 2. The van der Waals surface area contributed by atoms with Crippen molar-refractivity contribution in [1.82, 2.24) is 0 Å². The van der Waals surface area contributed by atoms with Crippen LogP contribution in [0.3, 0.4) is 0 Å². The summed E-state index contributed by atoms with van der Waals surface area (Å²) in [6, 6.07) is 6.95. The normalized spacial score (nSPS) is 16.1. The number of aliphatic hydroxyl groups is 1. The summed E-state index contributed by atoms with van der Waals surface area (Å²) in [7, 11) is 1.28. The van der Waals surface area contributed by atoms with Gasteiger partial charge in [-0.2, -0.15) is 0 Å². The maximum Gasteiger partial charge on any atom is 0.413 e. The minimum atomic E-state index is -1.03. The number of amides is 2. The lowest BCUT2D eigenvalue weighted by Crippen LogP contribution is -2.41. The number of aliphatic hydroxyl groups excluding tert-OH is 1. The highest BCUT2D eigenvalue weighted by Gasteiger charge is 2.21. The molecule has 1 aromatic rings. The standard InChI is InChI=1S/C15H19ClN2O5/c1-22-15(21)18(7-6-13(16)19)12-4-2-11(3-5-12)17-8-9-23-10-14(17)20/h2-5,13,19H,6-10H2,1H3. The Labute approximate surface area is 139 Å². The number of carbonyl (C=O) groups is 2. The van der Waals surface area contributed by atoms with E-state index in [9.17, 15) is 14.7 Å². The van der Waals surface area contributed by atoms with Crippen LogP contribution in [0.25, 0.3) is 0 Å². The van der Waals surface area contributed by atoms with Crippen molar-refractivity contribution in [3.05, 3.63) is 24.3 Å². The first-order valence-electron chi connectivity index (χ1n) is 7.18. The van der Waals surface area contributed by atoms with Crippen molar-refractivity contribution in [2.24, 2.45) is 0 Å². The van der Waals surface area contributed by atoms with Crippen LogP contribution in [-0.2, 0) is 14.3 Å². The first-order valence-corrected chi connectivity index (χ1v) is 7.62. The third-order valence-electron chi connectivity index (χ3n) is 3.44. The molecule has 8 heteroatoms. The van der Waals surface area contributed by atoms with Crippen molar-refractivity contribution in [2.75, 3.05) is 43.2 Å². The molecule has 1 N–H and O–H groups in total. The fourth-order valence-corrected chi connectivity index (χ4v) is 2.37. The number of halogens is 1. The SMILES string of the molecule is COC(=O)N(CCC(O)Cl)c1ccc(N2CCOCC2=O)cc1. The van der Waals surface area contributed by atoms with E-state index in [1.54, 1.807) is 29.2 Å². The average Bonchev–Trinajstić information content (AvgIpc) is 2.55. The molecule has 1 unspecified atom stereocenters. The lowest BCUT2D eigenvalue weighted by molar-refractivity contribution is -0.125. The van der Waals surface area contributed by atoms with Gasteiger partial charge in [0.05, 0.1) is 13.7 Å². The summed E-state index contributed by atoms with van der Waals surface area (Å²) in [4.78, 5) is 26.7. The highest BCUT2D eigenvalue weighted by molar-refractivity contribution is 6.19. The Morgan fingerprint density at radius 2 is 2.17 bits per heavy atom. The van der Waals surface area contributed by atoms with Gasteiger partial charge in [0.25, 0.3) is 5.91 Å². The number of benzene rings is 1. The Morgan fingerprint density at radius 3 is 2.74 bits per heavy atom. The van der Waals surface area contributed by atoms with Crippen LogP contribution in [0, 0.1) is 0 Å². The number of ether oxygens (including phenoxy) is 2. The molecule has 1 saturated heterocycles. The van der Waals surface area contributed by atoms with E-state index in [2.05, 4.69) is 0 Å². The molecule has 0 spiro atoms. The van der Waals surface area contributed by atoms with Gasteiger partial charge in [-0.3, -0.25) is 9.69 Å². The summed E-state index contributed by atoms with van der Waals surface area (Å²) in [5.74, 6) is -0.0981. The molecule has 1 fully saturated rings. The van der Waals surface area contributed by atoms with Gasteiger partial charge in [-0.05, 0) is 24.3 Å². The molecule has 0 aliphatic carbocycles. The van der Waals surface area contributed by atoms with Crippen LogP contribution in [0.15, 0.2) is 24.3 Å². The van der Waals surface area contributed by atoms with E-state index in [0.29, 0.717) is 18.8 Å². The molecule has 0 aromatic heterocycles. The summed E-state index contributed by atoms with van der Waals surface area (Å²) >= 11 is 5.52. The van der Waals surface area contributed by atoms with Gasteiger partial charge in [-0.25, -0.2) is 4.79 Å². The van der Waals surface area contributed by atoms with Crippen LogP contribution >= 0.6 is 11.6 Å². The Bertz CT molecular complexity index is 549. The molecular weight excluding hydrogens is 324 g/mol. The molecule has 1 aliphatic heterocycles. The zero-order valence-corrected chi connectivity index (χ0v) is 13.5. The van der Waals surface area contributed by atoms with Crippen LogP contribution in [0.2, 0.25) is 0 Å². The lowest BCUT2D eigenvalue weighted by atomic mass is 10.2. The minimum Gasteiger partial charge on any atom is -0.452 e. The Morgan fingerprint density at radius 1 is 1.48 bits per heavy atom. The van der Waals surface area contributed by atoms with Crippen LogP contribution in [-0.4, -0.2) is 56.1 Å². The van der Waals surface area contributed by atoms with Crippen molar-refractivity contribution < 1.29 is 24.2 Å². The van der Waals surface area contributed by atoms with E-state index in [0.717, 1.165) is 5.69 Å². The molecule has 2 amide bonds. The van der Waals surface area contributed by atoms with E-state index in [4.69, 9.17) is 21.1 Å². The van der Waals surface area contributed by atoms with Crippen molar-refractivity contribution in [3.8, 4) is 0 Å². The smallest absolute Gasteiger partial charge is 0.413 e. The fourth-order valence-electron chi connectivity index (χ4n) is 2.28. The number of rotatable bonds is 5. The number of nitrogens with zero attached hydrogens (tertiary/aromatic N) is 2. The van der Waals surface area contributed by atoms with Gasteiger partial charge in [0.1, 0.15) is 12.2 Å². The van der Waals surface area contributed by atoms with E-state index in [1.165, 1.54) is 12.0 Å². The second-order valence-corrected chi connectivity index (χ2v) is 5.46. The summed E-state index contributed by atoms with van der Waals surface area (Å²) in [6.45, 7) is 1.28. The molecule has 0 saturated carbocycles.